The maximum Gasteiger partial charge on any atom is 0.416 e. The van der Waals surface area contributed by atoms with E-state index < -0.39 is 11.7 Å². The minimum atomic E-state index is -4.40. The first-order valence-electron chi connectivity index (χ1n) is 8.87. The molecule has 0 atom stereocenters. The van der Waals surface area contributed by atoms with Crippen LogP contribution in [0.4, 0.5) is 13.2 Å². The van der Waals surface area contributed by atoms with Gasteiger partial charge in [0.25, 0.3) is 11.8 Å². The van der Waals surface area contributed by atoms with Gasteiger partial charge < -0.3 is 10.6 Å². The SMILES string of the molecule is CN=C(NCCN1C(=O)c2ccccc2C1=O)NCc1cccc(C(F)(F)F)c1. The lowest BCUT2D eigenvalue weighted by Crippen LogP contribution is -2.42. The van der Waals surface area contributed by atoms with Crippen LogP contribution < -0.4 is 10.6 Å². The fraction of sp³-hybridized carbons (Fsp3) is 0.250. The summed E-state index contributed by atoms with van der Waals surface area (Å²) in [5.41, 5.74) is 0.489. The average molecular weight is 404 g/mol. The van der Waals surface area contributed by atoms with E-state index in [9.17, 15) is 22.8 Å². The van der Waals surface area contributed by atoms with Crippen LogP contribution in [-0.2, 0) is 12.7 Å². The molecule has 2 aromatic carbocycles. The Bertz CT molecular complexity index is 922. The fourth-order valence-corrected chi connectivity index (χ4v) is 2.99. The molecular weight excluding hydrogens is 385 g/mol. The number of rotatable bonds is 5. The molecule has 152 valence electrons. The molecule has 0 aliphatic carbocycles. The Morgan fingerprint density at radius 1 is 1.00 bits per heavy atom. The molecule has 0 fully saturated rings. The van der Waals surface area contributed by atoms with E-state index in [1.165, 1.54) is 13.1 Å². The maximum absolute atomic E-state index is 12.8. The number of hydrogen-bond acceptors (Lipinski definition) is 3. The van der Waals surface area contributed by atoms with Gasteiger partial charge in [0.2, 0.25) is 0 Å². The van der Waals surface area contributed by atoms with Gasteiger partial charge in [0.1, 0.15) is 0 Å². The van der Waals surface area contributed by atoms with Crippen LogP contribution in [0.15, 0.2) is 53.5 Å². The number of benzene rings is 2. The van der Waals surface area contributed by atoms with Crippen LogP contribution in [0, 0.1) is 0 Å². The number of carbonyl (C=O) groups is 2. The van der Waals surface area contributed by atoms with Crippen molar-refractivity contribution in [1.82, 2.24) is 15.5 Å². The monoisotopic (exact) mass is 404 g/mol. The summed E-state index contributed by atoms with van der Waals surface area (Å²) in [5.74, 6) is -0.349. The van der Waals surface area contributed by atoms with E-state index in [1.54, 1.807) is 30.3 Å². The Labute approximate surface area is 165 Å². The van der Waals surface area contributed by atoms with E-state index in [2.05, 4.69) is 15.6 Å². The number of carbonyl (C=O) groups excluding carboxylic acids is 2. The zero-order valence-electron chi connectivity index (χ0n) is 15.6. The molecule has 1 heterocycles. The normalized spacial score (nSPS) is 14.2. The van der Waals surface area contributed by atoms with Crippen molar-refractivity contribution < 1.29 is 22.8 Å². The van der Waals surface area contributed by atoms with E-state index in [0.29, 0.717) is 22.6 Å². The number of nitrogens with one attached hydrogen (secondary N) is 2. The third kappa shape index (κ3) is 4.56. The zero-order chi connectivity index (χ0) is 21.0. The van der Waals surface area contributed by atoms with Crippen molar-refractivity contribution in [3.63, 3.8) is 0 Å². The number of aliphatic imine (C=N–C) groups is 1. The lowest BCUT2D eigenvalue weighted by Gasteiger charge is -2.16. The van der Waals surface area contributed by atoms with Crippen LogP contribution in [-0.4, -0.2) is 42.8 Å². The lowest BCUT2D eigenvalue weighted by molar-refractivity contribution is -0.137. The van der Waals surface area contributed by atoms with Gasteiger partial charge in [-0.1, -0.05) is 24.3 Å². The Balaban J connectivity index is 1.52. The fourth-order valence-electron chi connectivity index (χ4n) is 2.99. The molecule has 1 aliphatic heterocycles. The first kappa shape index (κ1) is 20.4. The summed E-state index contributed by atoms with van der Waals surface area (Å²) in [6.07, 6.45) is -4.40. The second-order valence-electron chi connectivity index (χ2n) is 6.36. The number of amides is 2. The Kier molecular flexibility index (Phi) is 5.86. The lowest BCUT2D eigenvalue weighted by atomic mass is 10.1. The third-order valence-corrected chi connectivity index (χ3v) is 4.44. The van der Waals surface area contributed by atoms with Crippen molar-refractivity contribution >= 4 is 17.8 Å². The summed E-state index contributed by atoms with van der Waals surface area (Å²) in [6.45, 7) is 0.515. The largest absolute Gasteiger partial charge is 0.416 e. The first-order chi connectivity index (χ1) is 13.8. The molecule has 0 unspecified atom stereocenters. The highest BCUT2D eigenvalue weighted by Gasteiger charge is 2.34. The van der Waals surface area contributed by atoms with Crippen LogP contribution >= 0.6 is 0 Å². The molecule has 2 aromatic rings. The van der Waals surface area contributed by atoms with Crippen molar-refractivity contribution in [2.45, 2.75) is 12.7 Å². The van der Waals surface area contributed by atoms with Crippen molar-refractivity contribution in [3.05, 3.63) is 70.8 Å². The second-order valence-corrected chi connectivity index (χ2v) is 6.36. The van der Waals surface area contributed by atoms with Crippen LogP contribution in [0.1, 0.15) is 31.8 Å². The highest BCUT2D eigenvalue weighted by molar-refractivity contribution is 6.21. The van der Waals surface area contributed by atoms with E-state index >= 15 is 0 Å². The number of fused-ring (bicyclic) bond motifs is 1. The molecular formula is C20H19F3N4O2. The quantitative estimate of drug-likeness (QED) is 0.457. The molecule has 0 aromatic heterocycles. The minimum Gasteiger partial charge on any atom is -0.355 e. The van der Waals surface area contributed by atoms with E-state index in [-0.39, 0.29) is 31.4 Å². The molecule has 3 rings (SSSR count). The second kappa shape index (κ2) is 8.34. The molecule has 1 aliphatic rings. The summed E-state index contributed by atoms with van der Waals surface area (Å²) >= 11 is 0. The van der Waals surface area contributed by atoms with Crippen LogP contribution in [0.2, 0.25) is 0 Å². The molecule has 2 amide bonds. The van der Waals surface area contributed by atoms with E-state index in [1.807, 2.05) is 0 Å². The molecule has 0 saturated heterocycles. The maximum atomic E-state index is 12.8. The molecule has 6 nitrogen and oxygen atoms in total. The van der Waals surface area contributed by atoms with Gasteiger partial charge in [-0.3, -0.25) is 19.5 Å². The molecule has 9 heteroatoms. The third-order valence-electron chi connectivity index (χ3n) is 4.44. The van der Waals surface area contributed by atoms with Gasteiger partial charge in [-0.15, -0.1) is 0 Å². The van der Waals surface area contributed by atoms with Gasteiger partial charge in [-0.2, -0.15) is 13.2 Å². The molecule has 0 bridgehead atoms. The molecule has 0 radical (unpaired) electrons. The number of hydrogen-bond donors (Lipinski definition) is 2. The summed E-state index contributed by atoms with van der Waals surface area (Å²) in [7, 11) is 1.52. The molecule has 29 heavy (non-hydrogen) atoms. The average Bonchev–Trinajstić information content (AvgIpc) is 2.95. The number of halogens is 3. The summed E-state index contributed by atoms with van der Waals surface area (Å²) < 4.78 is 38.4. The number of imide groups is 1. The highest BCUT2D eigenvalue weighted by Crippen LogP contribution is 2.29. The first-order valence-corrected chi connectivity index (χ1v) is 8.87. The number of alkyl halides is 3. The standard InChI is InChI=1S/C20H19F3N4O2/c1-24-19(26-12-13-5-4-6-14(11-13)20(21,22)23)25-9-10-27-17(28)15-7-2-3-8-16(15)18(27)29/h2-8,11H,9-10,12H2,1H3,(H2,24,25,26). The van der Waals surface area contributed by atoms with Gasteiger partial charge >= 0.3 is 6.18 Å². The topological polar surface area (TPSA) is 73.8 Å². The number of nitrogens with zero attached hydrogens (tertiary/aromatic N) is 2. The van der Waals surface area contributed by atoms with Crippen molar-refractivity contribution in [2.75, 3.05) is 20.1 Å². The van der Waals surface area contributed by atoms with Crippen molar-refractivity contribution in [3.8, 4) is 0 Å². The van der Waals surface area contributed by atoms with Gasteiger partial charge in [0, 0.05) is 26.7 Å². The van der Waals surface area contributed by atoms with Crippen molar-refractivity contribution in [2.24, 2.45) is 4.99 Å². The summed E-state index contributed by atoms with van der Waals surface area (Å²) in [4.78, 5) is 29.8. The van der Waals surface area contributed by atoms with Gasteiger partial charge in [-0.05, 0) is 29.8 Å². The minimum absolute atomic E-state index is 0.136. The Hall–Kier alpha value is -3.36. The van der Waals surface area contributed by atoms with E-state index in [4.69, 9.17) is 0 Å². The van der Waals surface area contributed by atoms with Crippen LogP contribution in [0.25, 0.3) is 0 Å². The van der Waals surface area contributed by atoms with Crippen LogP contribution in [0.3, 0.4) is 0 Å². The predicted octanol–water partition coefficient (Wildman–Crippen LogP) is 2.67. The molecule has 0 spiro atoms. The van der Waals surface area contributed by atoms with E-state index in [0.717, 1.165) is 17.0 Å². The van der Waals surface area contributed by atoms with Gasteiger partial charge in [0.15, 0.2) is 5.96 Å². The Morgan fingerprint density at radius 2 is 1.66 bits per heavy atom. The Morgan fingerprint density at radius 3 is 2.24 bits per heavy atom. The zero-order valence-corrected chi connectivity index (χ0v) is 15.6. The van der Waals surface area contributed by atoms with Crippen molar-refractivity contribution in [1.29, 1.82) is 0 Å². The number of guanidine groups is 1. The molecule has 0 saturated carbocycles. The summed E-state index contributed by atoms with van der Waals surface area (Å²) in [6, 6.07) is 11.6. The van der Waals surface area contributed by atoms with Gasteiger partial charge in [-0.25, -0.2) is 0 Å². The van der Waals surface area contributed by atoms with Crippen LogP contribution in [0.5, 0.6) is 0 Å². The summed E-state index contributed by atoms with van der Waals surface area (Å²) in [5, 5.41) is 5.86. The smallest absolute Gasteiger partial charge is 0.355 e. The highest BCUT2D eigenvalue weighted by atomic mass is 19.4. The molecule has 2 N–H and O–H groups in total. The van der Waals surface area contributed by atoms with Gasteiger partial charge in [0.05, 0.1) is 16.7 Å². The predicted molar refractivity (Wildman–Crippen MR) is 101 cm³/mol.